The van der Waals surface area contributed by atoms with Crippen molar-refractivity contribution in [2.45, 2.75) is 19.9 Å². The molecule has 0 aromatic carbocycles. The third-order valence-electron chi connectivity index (χ3n) is 2.11. The molecule has 0 unspecified atom stereocenters. The molecule has 6 heteroatoms. The van der Waals surface area contributed by atoms with E-state index in [2.05, 4.69) is 15.4 Å². The Morgan fingerprint density at radius 3 is 2.88 bits per heavy atom. The van der Waals surface area contributed by atoms with E-state index in [4.69, 9.17) is 0 Å². The second-order valence-corrected chi connectivity index (χ2v) is 4.93. The van der Waals surface area contributed by atoms with Gasteiger partial charge in [0.05, 0.1) is 6.20 Å². The van der Waals surface area contributed by atoms with Crippen LogP contribution in [0.15, 0.2) is 17.8 Å². The van der Waals surface area contributed by atoms with Gasteiger partial charge in [0.1, 0.15) is 10.7 Å². The van der Waals surface area contributed by atoms with Gasteiger partial charge in [-0.3, -0.25) is 9.48 Å². The fourth-order valence-electron chi connectivity index (χ4n) is 1.38. The first-order valence-electron chi connectivity index (χ1n) is 5.31. The second kappa shape index (κ2) is 4.67. The summed E-state index contributed by atoms with van der Waals surface area (Å²) in [5.41, 5.74) is 1.39. The summed E-state index contributed by atoms with van der Waals surface area (Å²) in [5, 5.41) is 9.47. The van der Waals surface area contributed by atoms with Crippen molar-refractivity contribution in [1.29, 1.82) is 0 Å². The van der Waals surface area contributed by atoms with E-state index in [1.807, 2.05) is 27.1 Å². The molecule has 0 spiro atoms. The van der Waals surface area contributed by atoms with Crippen molar-refractivity contribution < 1.29 is 4.79 Å². The van der Waals surface area contributed by atoms with Crippen LogP contribution in [0.5, 0.6) is 0 Å². The minimum absolute atomic E-state index is 0.117. The zero-order valence-corrected chi connectivity index (χ0v) is 10.8. The fourth-order valence-corrected chi connectivity index (χ4v) is 2.15. The summed E-state index contributed by atoms with van der Waals surface area (Å²) in [6.07, 6.45) is 3.62. The number of carbonyl (C=O) groups excluding carboxylic acids is 1. The van der Waals surface area contributed by atoms with Crippen LogP contribution in [-0.4, -0.2) is 26.7 Å². The highest BCUT2D eigenvalue weighted by molar-refractivity contribution is 7.13. The maximum Gasteiger partial charge on any atom is 0.270 e. The quantitative estimate of drug-likeness (QED) is 0.901. The topological polar surface area (TPSA) is 59.8 Å². The van der Waals surface area contributed by atoms with Gasteiger partial charge in [-0.1, -0.05) is 0 Å². The van der Waals surface area contributed by atoms with E-state index in [-0.39, 0.29) is 11.9 Å². The lowest BCUT2D eigenvalue weighted by atomic mass is 10.3. The van der Waals surface area contributed by atoms with Gasteiger partial charge in [0, 0.05) is 30.2 Å². The van der Waals surface area contributed by atoms with Gasteiger partial charge in [0.2, 0.25) is 0 Å². The molecule has 1 N–H and O–H groups in total. The lowest BCUT2D eigenvalue weighted by Crippen LogP contribution is -2.30. The molecular weight excluding hydrogens is 236 g/mol. The summed E-state index contributed by atoms with van der Waals surface area (Å²) in [6, 6.07) is 0.117. The van der Waals surface area contributed by atoms with Crippen LogP contribution in [0.4, 0.5) is 0 Å². The number of amides is 1. The third kappa shape index (κ3) is 2.71. The zero-order chi connectivity index (χ0) is 12.4. The Kier molecular flexibility index (Phi) is 3.23. The fraction of sp³-hybridized carbons (Fsp3) is 0.364. The van der Waals surface area contributed by atoms with E-state index in [0.717, 1.165) is 10.6 Å². The van der Waals surface area contributed by atoms with Crippen molar-refractivity contribution in [3.05, 3.63) is 23.5 Å². The highest BCUT2D eigenvalue weighted by Crippen LogP contribution is 2.22. The molecule has 0 saturated heterocycles. The van der Waals surface area contributed by atoms with Gasteiger partial charge in [-0.25, -0.2) is 4.98 Å². The molecule has 0 radical (unpaired) electrons. The van der Waals surface area contributed by atoms with Gasteiger partial charge in [0.15, 0.2) is 0 Å². The lowest BCUT2D eigenvalue weighted by Gasteiger charge is -2.05. The number of hydrogen-bond donors (Lipinski definition) is 1. The Hall–Kier alpha value is -1.69. The summed E-state index contributed by atoms with van der Waals surface area (Å²) >= 11 is 1.45. The summed E-state index contributed by atoms with van der Waals surface area (Å²) < 4.78 is 1.71. The normalized spacial score (nSPS) is 10.8. The van der Waals surface area contributed by atoms with Crippen molar-refractivity contribution in [1.82, 2.24) is 20.1 Å². The van der Waals surface area contributed by atoms with E-state index in [0.29, 0.717) is 5.69 Å². The number of hydrogen-bond acceptors (Lipinski definition) is 4. The van der Waals surface area contributed by atoms with Gasteiger partial charge in [-0.2, -0.15) is 5.10 Å². The van der Waals surface area contributed by atoms with Crippen LogP contribution in [0.2, 0.25) is 0 Å². The molecule has 5 nitrogen and oxygen atoms in total. The van der Waals surface area contributed by atoms with Crippen LogP contribution >= 0.6 is 11.3 Å². The Labute approximate surface area is 103 Å². The summed E-state index contributed by atoms with van der Waals surface area (Å²) in [7, 11) is 1.85. The zero-order valence-electron chi connectivity index (χ0n) is 9.97. The van der Waals surface area contributed by atoms with Crippen LogP contribution in [0.3, 0.4) is 0 Å². The number of thiazole rings is 1. The standard InChI is InChI=1S/C11H14N4OS/c1-7(2)13-10(16)9-6-17-11(14-9)8-4-12-15(3)5-8/h4-7H,1-3H3,(H,13,16). The van der Waals surface area contributed by atoms with Crippen molar-refractivity contribution in [2.75, 3.05) is 0 Å². The number of aromatic nitrogens is 3. The largest absolute Gasteiger partial charge is 0.349 e. The average molecular weight is 250 g/mol. The lowest BCUT2D eigenvalue weighted by molar-refractivity contribution is 0.0939. The molecule has 2 aromatic rings. The molecule has 17 heavy (non-hydrogen) atoms. The average Bonchev–Trinajstić information content (AvgIpc) is 2.84. The van der Waals surface area contributed by atoms with Crippen LogP contribution in [-0.2, 0) is 7.05 Å². The molecular formula is C11H14N4OS. The predicted octanol–water partition coefficient (Wildman–Crippen LogP) is 1.68. The van der Waals surface area contributed by atoms with Crippen molar-refractivity contribution in [3.8, 4) is 10.6 Å². The monoisotopic (exact) mass is 250 g/mol. The first-order valence-corrected chi connectivity index (χ1v) is 6.19. The second-order valence-electron chi connectivity index (χ2n) is 4.07. The number of rotatable bonds is 3. The molecule has 0 aliphatic carbocycles. The number of aryl methyl sites for hydroxylation is 1. The molecule has 0 bridgehead atoms. The van der Waals surface area contributed by atoms with Gasteiger partial charge in [-0.15, -0.1) is 11.3 Å². The minimum atomic E-state index is -0.133. The van der Waals surface area contributed by atoms with Crippen molar-refractivity contribution in [3.63, 3.8) is 0 Å². The Morgan fingerprint density at radius 2 is 2.29 bits per heavy atom. The summed E-state index contributed by atoms with van der Waals surface area (Å²) in [4.78, 5) is 16.0. The maximum absolute atomic E-state index is 11.7. The molecule has 90 valence electrons. The molecule has 0 fully saturated rings. The van der Waals surface area contributed by atoms with E-state index in [1.165, 1.54) is 11.3 Å². The van der Waals surface area contributed by atoms with Crippen molar-refractivity contribution in [2.24, 2.45) is 7.05 Å². The highest BCUT2D eigenvalue weighted by Gasteiger charge is 2.13. The van der Waals surface area contributed by atoms with Crippen LogP contribution in [0.25, 0.3) is 10.6 Å². The van der Waals surface area contributed by atoms with Gasteiger partial charge < -0.3 is 5.32 Å². The van der Waals surface area contributed by atoms with E-state index >= 15 is 0 Å². The SMILES string of the molecule is CC(C)NC(=O)c1csc(-c2cnn(C)c2)n1. The smallest absolute Gasteiger partial charge is 0.270 e. The molecule has 0 aliphatic rings. The van der Waals surface area contributed by atoms with Crippen molar-refractivity contribution >= 4 is 17.2 Å². The first-order chi connectivity index (χ1) is 8.06. The number of nitrogens with zero attached hydrogens (tertiary/aromatic N) is 3. The van der Waals surface area contributed by atoms with Crippen LogP contribution in [0, 0.1) is 0 Å². The summed E-state index contributed by atoms with van der Waals surface area (Å²) in [6.45, 7) is 3.85. The molecule has 1 amide bonds. The maximum atomic E-state index is 11.7. The van der Waals surface area contributed by atoms with Gasteiger partial charge in [-0.05, 0) is 13.8 Å². The molecule has 2 aromatic heterocycles. The summed E-state index contributed by atoms with van der Waals surface area (Å²) in [5.74, 6) is -0.133. The minimum Gasteiger partial charge on any atom is -0.349 e. The Balaban J connectivity index is 2.19. The van der Waals surface area contributed by atoms with Gasteiger partial charge in [0.25, 0.3) is 5.91 Å². The van der Waals surface area contributed by atoms with Gasteiger partial charge >= 0.3 is 0 Å². The van der Waals surface area contributed by atoms with E-state index < -0.39 is 0 Å². The predicted molar refractivity (Wildman–Crippen MR) is 66.9 cm³/mol. The highest BCUT2D eigenvalue weighted by atomic mass is 32.1. The van der Waals surface area contributed by atoms with E-state index in [1.54, 1.807) is 16.3 Å². The molecule has 0 aliphatic heterocycles. The van der Waals surface area contributed by atoms with Crippen LogP contribution in [0.1, 0.15) is 24.3 Å². The Bertz CT molecular complexity index is 529. The molecule has 2 heterocycles. The van der Waals surface area contributed by atoms with E-state index in [9.17, 15) is 4.79 Å². The number of nitrogens with one attached hydrogen (secondary N) is 1. The Morgan fingerprint density at radius 1 is 1.53 bits per heavy atom. The van der Waals surface area contributed by atoms with Crippen LogP contribution < -0.4 is 5.32 Å². The molecule has 0 saturated carbocycles. The number of carbonyl (C=O) groups is 1. The molecule has 0 atom stereocenters. The molecule has 2 rings (SSSR count). The third-order valence-corrected chi connectivity index (χ3v) is 3.00. The first kappa shape index (κ1) is 11.8.